The number of halogens is 1. The summed E-state index contributed by atoms with van der Waals surface area (Å²) < 4.78 is 31.9. The van der Waals surface area contributed by atoms with Crippen molar-refractivity contribution in [3.8, 4) is 5.75 Å². The molecule has 9 atom stereocenters. The minimum atomic E-state index is -1.38. The summed E-state index contributed by atoms with van der Waals surface area (Å²) in [6, 6.07) is 3.02. The molecule has 0 amide bonds. The summed E-state index contributed by atoms with van der Waals surface area (Å²) in [5.41, 5.74) is -0.406. The van der Waals surface area contributed by atoms with Gasteiger partial charge in [0.1, 0.15) is 11.9 Å². The van der Waals surface area contributed by atoms with Crippen LogP contribution >= 0.6 is 0 Å². The Morgan fingerprint density at radius 1 is 1.28 bits per heavy atom. The van der Waals surface area contributed by atoms with E-state index >= 15 is 4.39 Å². The molecule has 0 aromatic heterocycles. The smallest absolute Gasteiger partial charge is 0.479 e. The predicted octanol–water partition coefficient (Wildman–Crippen LogP) is 2.22. The second-order valence-corrected chi connectivity index (χ2v) is 12.6. The minimum Gasteiger partial charge on any atom is -0.479 e. The third kappa shape index (κ3) is 4.33. The zero-order chi connectivity index (χ0) is 28.3. The molecular weight excluding hydrogens is 504 g/mol. The highest BCUT2D eigenvalue weighted by Crippen LogP contribution is 2.67. The standard InChI is InChI=1S/C29H41BFNO7/c1-15-8-10-29-11-9-20(33)26(29)28(15,4)27(19(12-32-5)16(2)25(35)17(29)3)39-22(34)14-37-21-7-6-18-13-38-30(36)23(18)24(21)31/h6-7,15-17,19,25-27,32,35-36H,8-14H2,1-5H3/t15-,16+,17+,19+,25-,26+,27-,28-,29+/m1/s1. The second kappa shape index (κ2) is 10.4. The van der Waals surface area contributed by atoms with Gasteiger partial charge >= 0.3 is 13.1 Å². The van der Waals surface area contributed by atoms with Crippen LogP contribution in [-0.2, 0) is 25.6 Å². The van der Waals surface area contributed by atoms with Gasteiger partial charge in [0, 0.05) is 35.7 Å². The number of fused-ring (bicyclic) bond motifs is 1. The first-order valence-corrected chi connectivity index (χ1v) is 14.3. The maximum Gasteiger partial charge on any atom is 0.494 e. The van der Waals surface area contributed by atoms with E-state index in [4.69, 9.17) is 14.1 Å². The summed E-state index contributed by atoms with van der Waals surface area (Å²) in [6.45, 7) is 8.40. The second-order valence-electron chi connectivity index (χ2n) is 12.6. The Bertz CT molecular complexity index is 1140. The molecule has 0 spiro atoms. The average molecular weight is 545 g/mol. The van der Waals surface area contributed by atoms with Crippen molar-refractivity contribution in [3.63, 3.8) is 0 Å². The van der Waals surface area contributed by atoms with Gasteiger partial charge < -0.3 is 29.6 Å². The zero-order valence-electron chi connectivity index (χ0n) is 23.5. The number of nitrogens with one attached hydrogen (secondary N) is 1. The highest BCUT2D eigenvalue weighted by atomic mass is 19.1. The van der Waals surface area contributed by atoms with Gasteiger partial charge in [0.05, 0.1) is 12.7 Å². The minimum absolute atomic E-state index is 0.0199. The average Bonchev–Trinajstić information content (AvgIpc) is 3.47. The number of hydrogen-bond donors (Lipinski definition) is 3. The topological polar surface area (TPSA) is 114 Å². The largest absolute Gasteiger partial charge is 0.494 e. The molecule has 1 aromatic rings. The lowest BCUT2D eigenvalue weighted by molar-refractivity contribution is -0.215. The molecule has 214 valence electrons. The molecule has 2 bridgehead atoms. The first-order valence-electron chi connectivity index (χ1n) is 14.3. The van der Waals surface area contributed by atoms with Crippen LogP contribution < -0.4 is 15.5 Å². The zero-order valence-corrected chi connectivity index (χ0v) is 23.5. The van der Waals surface area contributed by atoms with Gasteiger partial charge in [-0.3, -0.25) is 4.79 Å². The predicted molar refractivity (Wildman–Crippen MR) is 143 cm³/mol. The van der Waals surface area contributed by atoms with Crippen LogP contribution in [0, 0.1) is 46.2 Å². The van der Waals surface area contributed by atoms with E-state index in [9.17, 15) is 19.7 Å². The van der Waals surface area contributed by atoms with E-state index in [0.29, 0.717) is 18.5 Å². The van der Waals surface area contributed by atoms with Gasteiger partial charge in [-0.2, -0.15) is 0 Å². The first kappa shape index (κ1) is 28.5. The first-order chi connectivity index (χ1) is 18.5. The fourth-order valence-corrected chi connectivity index (χ4v) is 8.65. The van der Waals surface area contributed by atoms with Gasteiger partial charge in [-0.05, 0) is 61.1 Å². The summed E-state index contributed by atoms with van der Waals surface area (Å²) in [7, 11) is 0.454. The fraction of sp³-hybridized carbons (Fsp3) is 0.724. The van der Waals surface area contributed by atoms with Crippen LogP contribution in [0.1, 0.15) is 58.9 Å². The molecule has 10 heteroatoms. The summed E-state index contributed by atoms with van der Waals surface area (Å²) in [5, 5.41) is 24.8. The van der Waals surface area contributed by atoms with Crippen molar-refractivity contribution in [1.29, 1.82) is 0 Å². The van der Waals surface area contributed by atoms with E-state index in [2.05, 4.69) is 26.1 Å². The number of carbonyl (C=O) groups excluding carboxylic acids is 2. The van der Waals surface area contributed by atoms with Crippen LogP contribution in [-0.4, -0.2) is 61.4 Å². The van der Waals surface area contributed by atoms with Gasteiger partial charge in [-0.15, -0.1) is 0 Å². The van der Waals surface area contributed by atoms with Crippen LogP contribution in [0.3, 0.4) is 0 Å². The summed E-state index contributed by atoms with van der Waals surface area (Å²) in [6.07, 6.45) is 1.68. The quantitative estimate of drug-likeness (QED) is 0.369. The van der Waals surface area contributed by atoms with Crippen molar-refractivity contribution in [2.24, 2.45) is 40.4 Å². The number of ether oxygens (including phenoxy) is 2. The monoisotopic (exact) mass is 545 g/mol. The van der Waals surface area contributed by atoms with E-state index in [0.717, 1.165) is 19.3 Å². The number of aliphatic hydroxyl groups is 1. The van der Waals surface area contributed by atoms with E-state index in [1.165, 1.54) is 6.07 Å². The SMILES string of the molecule is CNC[C@H]1[C@H](C)[C@@H](O)[C@H](C)[C@]23CCC(=O)[C@H]2[C@@](C)([C@H](C)CC3)[C@@H]1OC(=O)COc1ccc2c(c1F)B(O)OC2. The van der Waals surface area contributed by atoms with Gasteiger partial charge in [0.2, 0.25) is 0 Å². The van der Waals surface area contributed by atoms with Crippen LogP contribution in [0.4, 0.5) is 4.39 Å². The number of esters is 1. The van der Waals surface area contributed by atoms with Crippen LogP contribution in [0.5, 0.6) is 5.75 Å². The summed E-state index contributed by atoms with van der Waals surface area (Å²) in [4.78, 5) is 27.0. The Morgan fingerprint density at radius 2 is 2.03 bits per heavy atom. The molecule has 0 saturated heterocycles. The number of carbonyl (C=O) groups is 2. The highest BCUT2D eigenvalue weighted by molar-refractivity contribution is 6.61. The molecule has 1 aromatic carbocycles. The lowest BCUT2D eigenvalue weighted by Crippen LogP contribution is -2.65. The molecule has 3 aliphatic carbocycles. The Kier molecular flexibility index (Phi) is 7.63. The van der Waals surface area contributed by atoms with Crippen LogP contribution in [0.25, 0.3) is 0 Å². The van der Waals surface area contributed by atoms with Crippen molar-refractivity contribution < 1.29 is 38.2 Å². The number of ketones is 1. The third-order valence-corrected chi connectivity index (χ3v) is 11.0. The number of Topliss-reactive ketones (excluding diaryl/α,β-unsaturated/α-hetero) is 1. The van der Waals surface area contributed by atoms with Gasteiger partial charge in [-0.25, -0.2) is 9.18 Å². The maximum atomic E-state index is 15.0. The molecule has 5 rings (SSSR count). The van der Waals surface area contributed by atoms with Crippen LogP contribution in [0.2, 0.25) is 0 Å². The molecule has 0 unspecified atom stereocenters. The number of rotatable bonds is 6. The Labute approximate surface area is 230 Å². The number of aliphatic hydroxyl groups excluding tert-OH is 1. The lowest BCUT2D eigenvalue weighted by Gasteiger charge is -2.62. The van der Waals surface area contributed by atoms with Crippen molar-refractivity contribution in [2.75, 3.05) is 20.2 Å². The number of benzene rings is 1. The Morgan fingerprint density at radius 3 is 2.74 bits per heavy atom. The van der Waals surface area contributed by atoms with E-state index in [1.54, 1.807) is 6.07 Å². The van der Waals surface area contributed by atoms with Gasteiger partial charge in [0.15, 0.2) is 18.2 Å². The molecule has 3 N–H and O–H groups in total. The van der Waals surface area contributed by atoms with Gasteiger partial charge in [0.25, 0.3) is 0 Å². The van der Waals surface area contributed by atoms with Crippen molar-refractivity contribution in [1.82, 2.24) is 5.32 Å². The molecule has 8 nitrogen and oxygen atoms in total. The summed E-state index contributed by atoms with van der Waals surface area (Å²) in [5.74, 6) is -2.11. The maximum absolute atomic E-state index is 15.0. The molecule has 0 radical (unpaired) electrons. The highest BCUT2D eigenvalue weighted by Gasteiger charge is 2.68. The fourth-order valence-electron chi connectivity index (χ4n) is 8.65. The molecule has 4 aliphatic rings. The van der Waals surface area contributed by atoms with Crippen molar-refractivity contribution in [3.05, 3.63) is 23.5 Å². The van der Waals surface area contributed by atoms with E-state index in [1.807, 2.05) is 14.0 Å². The van der Waals surface area contributed by atoms with E-state index in [-0.39, 0.29) is 58.6 Å². The van der Waals surface area contributed by atoms with Crippen molar-refractivity contribution in [2.45, 2.75) is 72.2 Å². The summed E-state index contributed by atoms with van der Waals surface area (Å²) >= 11 is 0. The van der Waals surface area contributed by atoms with Crippen LogP contribution in [0.15, 0.2) is 12.1 Å². The Balaban J connectivity index is 1.46. The molecule has 1 heterocycles. The molecule has 39 heavy (non-hydrogen) atoms. The Hall–Kier alpha value is -2.01. The molecular formula is C29H41BFNO7. The van der Waals surface area contributed by atoms with Crippen molar-refractivity contribution >= 4 is 24.3 Å². The normalized spacial score (nSPS) is 39.5. The van der Waals surface area contributed by atoms with Gasteiger partial charge in [-0.1, -0.05) is 33.8 Å². The molecule has 3 saturated carbocycles. The van der Waals surface area contributed by atoms with E-state index < -0.39 is 43.1 Å². The molecule has 1 aliphatic heterocycles. The number of hydrogen-bond acceptors (Lipinski definition) is 8. The molecule has 3 fully saturated rings. The lowest BCUT2D eigenvalue weighted by atomic mass is 9.44. The third-order valence-electron chi connectivity index (χ3n) is 11.0.